The Balaban J connectivity index is 2.21. The minimum atomic E-state index is -0.222. The molecule has 2 aromatic carbocycles. The minimum absolute atomic E-state index is 0.222. The third-order valence-electron chi connectivity index (χ3n) is 3.35. The van der Waals surface area contributed by atoms with Crippen molar-refractivity contribution in [1.29, 1.82) is 0 Å². The number of rotatable bonds is 2. The molecule has 19 heavy (non-hydrogen) atoms. The van der Waals surface area contributed by atoms with Gasteiger partial charge in [-0.2, -0.15) is 0 Å². The zero-order valence-corrected chi connectivity index (χ0v) is 10.7. The van der Waals surface area contributed by atoms with Gasteiger partial charge in [-0.05, 0) is 36.2 Å². The molecule has 0 saturated carbocycles. The molecule has 1 aromatic heterocycles. The Hall–Kier alpha value is -2.22. The van der Waals surface area contributed by atoms with Gasteiger partial charge in [0, 0.05) is 10.9 Å². The smallest absolute Gasteiger partial charge is 0.132 e. The van der Waals surface area contributed by atoms with Crippen molar-refractivity contribution < 1.29 is 4.39 Å². The molecule has 94 valence electrons. The van der Waals surface area contributed by atoms with E-state index in [1.165, 1.54) is 11.6 Å². The largest absolute Gasteiger partial charge is 0.248 e. The van der Waals surface area contributed by atoms with Gasteiger partial charge in [0.15, 0.2) is 0 Å². The van der Waals surface area contributed by atoms with Crippen molar-refractivity contribution in [2.45, 2.75) is 13.3 Å². The van der Waals surface area contributed by atoms with Gasteiger partial charge in [-0.3, -0.25) is 0 Å². The fraction of sp³-hybridized carbons (Fsp3) is 0.118. The highest BCUT2D eigenvalue weighted by molar-refractivity contribution is 5.82. The van der Waals surface area contributed by atoms with E-state index in [0.717, 1.165) is 17.7 Å². The molecule has 0 aliphatic carbocycles. The van der Waals surface area contributed by atoms with Crippen LogP contribution in [0.4, 0.5) is 4.39 Å². The minimum Gasteiger partial charge on any atom is -0.248 e. The first-order valence-corrected chi connectivity index (χ1v) is 6.43. The SMILES string of the molecule is CCc1ccccc1-c1ccc2c(F)cccc2n1. The molecular weight excluding hydrogens is 237 g/mol. The number of hydrogen-bond donors (Lipinski definition) is 0. The molecule has 0 unspecified atom stereocenters. The predicted octanol–water partition coefficient (Wildman–Crippen LogP) is 4.60. The molecule has 0 spiro atoms. The number of aromatic nitrogens is 1. The summed E-state index contributed by atoms with van der Waals surface area (Å²) in [4.78, 5) is 4.57. The molecule has 1 heterocycles. The summed E-state index contributed by atoms with van der Waals surface area (Å²) in [5, 5.41) is 0.570. The number of hydrogen-bond acceptors (Lipinski definition) is 1. The lowest BCUT2D eigenvalue weighted by Gasteiger charge is -2.08. The van der Waals surface area contributed by atoms with Crippen molar-refractivity contribution in [2.24, 2.45) is 0 Å². The summed E-state index contributed by atoms with van der Waals surface area (Å²) in [5.41, 5.74) is 3.97. The van der Waals surface area contributed by atoms with Gasteiger partial charge in [0.2, 0.25) is 0 Å². The van der Waals surface area contributed by atoms with Crippen molar-refractivity contribution in [3.05, 3.63) is 66.0 Å². The topological polar surface area (TPSA) is 12.9 Å². The van der Waals surface area contributed by atoms with Gasteiger partial charge in [-0.25, -0.2) is 9.37 Å². The van der Waals surface area contributed by atoms with Gasteiger partial charge < -0.3 is 0 Å². The van der Waals surface area contributed by atoms with Gasteiger partial charge in [-0.1, -0.05) is 37.3 Å². The standard InChI is InChI=1S/C17H14FN/c1-2-12-6-3-4-7-13(12)17-11-10-14-15(18)8-5-9-16(14)19-17/h3-11H,2H2,1H3. The van der Waals surface area contributed by atoms with Gasteiger partial charge in [0.05, 0.1) is 11.2 Å². The fourth-order valence-electron chi connectivity index (χ4n) is 2.35. The second-order valence-corrected chi connectivity index (χ2v) is 4.51. The van der Waals surface area contributed by atoms with Gasteiger partial charge in [0.1, 0.15) is 5.82 Å². The third-order valence-corrected chi connectivity index (χ3v) is 3.35. The molecule has 0 atom stereocenters. The predicted molar refractivity (Wildman–Crippen MR) is 76.5 cm³/mol. The molecule has 3 rings (SSSR count). The maximum atomic E-state index is 13.6. The van der Waals surface area contributed by atoms with Crippen LogP contribution >= 0.6 is 0 Å². The van der Waals surface area contributed by atoms with Crippen LogP contribution in [0.25, 0.3) is 22.2 Å². The Morgan fingerprint density at radius 3 is 2.63 bits per heavy atom. The van der Waals surface area contributed by atoms with E-state index in [1.807, 2.05) is 24.3 Å². The first-order valence-electron chi connectivity index (χ1n) is 6.43. The summed E-state index contributed by atoms with van der Waals surface area (Å²) in [5.74, 6) is -0.222. The molecule has 0 N–H and O–H groups in total. The second-order valence-electron chi connectivity index (χ2n) is 4.51. The lowest BCUT2D eigenvalue weighted by Crippen LogP contribution is -1.91. The Morgan fingerprint density at radius 2 is 1.79 bits per heavy atom. The van der Waals surface area contributed by atoms with E-state index in [2.05, 4.69) is 24.0 Å². The molecule has 0 saturated heterocycles. The number of fused-ring (bicyclic) bond motifs is 1. The first kappa shape index (κ1) is 11.8. The molecule has 0 bridgehead atoms. The zero-order chi connectivity index (χ0) is 13.2. The summed E-state index contributed by atoms with van der Waals surface area (Å²) < 4.78 is 13.6. The molecule has 2 heteroatoms. The number of benzene rings is 2. The molecule has 0 aliphatic rings. The molecule has 3 aromatic rings. The summed E-state index contributed by atoms with van der Waals surface area (Å²) in [6.45, 7) is 2.12. The quantitative estimate of drug-likeness (QED) is 0.648. The van der Waals surface area contributed by atoms with Crippen molar-refractivity contribution in [2.75, 3.05) is 0 Å². The highest BCUT2D eigenvalue weighted by atomic mass is 19.1. The zero-order valence-electron chi connectivity index (χ0n) is 10.7. The van der Waals surface area contributed by atoms with Gasteiger partial charge in [0.25, 0.3) is 0 Å². The van der Waals surface area contributed by atoms with Crippen LogP contribution in [-0.2, 0) is 6.42 Å². The molecule has 0 fully saturated rings. The Morgan fingerprint density at radius 1 is 0.947 bits per heavy atom. The van der Waals surface area contributed by atoms with Crippen LogP contribution in [0.5, 0.6) is 0 Å². The van der Waals surface area contributed by atoms with Gasteiger partial charge in [-0.15, -0.1) is 0 Å². The lowest BCUT2D eigenvalue weighted by molar-refractivity contribution is 0.639. The number of aryl methyl sites for hydroxylation is 1. The highest BCUT2D eigenvalue weighted by Crippen LogP contribution is 2.25. The van der Waals surface area contributed by atoms with E-state index in [-0.39, 0.29) is 5.82 Å². The summed E-state index contributed by atoms with van der Waals surface area (Å²) in [7, 11) is 0. The Labute approximate surface area is 111 Å². The van der Waals surface area contributed by atoms with E-state index in [1.54, 1.807) is 12.1 Å². The average Bonchev–Trinajstić information content (AvgIpc) is 2.47. The van der Waals surface area contributed by atoms with E-state index in [4.69, 9.17) is 0 Å². The average molecular weight is 251 g/mol. The lowest BCUT2D eigenvalue weighted by atomic mass is 10.0. The number of halogens is 1. The van der Waals surface area contributed by atoms with Crippen LogP contribution in [0.1, 0.15) is 12.5 Å². The third kappa shape index (κ3) is 2.10. The van der Waals surface area contributed by atoms with E-state index < -0.39 is 0 Å². The summed E-state index contributed by atoms with van der Waals surface area (Å²) in [6.07, 6.45) is 0.957. The van der Waals surface area contributed by atoms with Crippen molar-refractivity contribution in [1.82, 2.24) is 4.98 Å². The van der Waals surface area contributed by atoms with Crippen LogP contribution in [0.15, 0.2) is 54.6 Å². The van der Waals surface area contributed by atoms with Crippen LogP contribution < -0.4 is 0 Å². The fourth-order valence-corrected chi connectivity index (χ4v) is 2.35. The van der Waals surface area contributed by atoms with Crippen LogP contribution in [0.2, 0.25) is 0 Å². The van der Waals surface area contributed by atoms with E-state index >= 15 is 0 Å². The maximum Gasteiger partial charge on any atom is 0.132 e. The van der Waals surface area contributed by atoms with Crippen molar-refractivity contribution in [3.8, 4) is 11.3 Å². The molecule has 0 radical (unpaired) electrons. The summed E-state index contributed by atoms with van der Waals surface area (Å²) in [6, 6.07) is 16.9. The molecule has 0 aliphatic heterocycles. The molecular formula is C17H14FN. The highest BCUT2D eigenvalue weighted by Gasteiger charge is 2.07. The van der Waals surface area contributed by atoms with Crippen LogP contribution in [0, 0.1) is 5.82 Å². The molecule has 1 nitrogen and oxygen atoms in total. The van der Waals surface area contributed by atoms with Crippen molar-refractivity contribution in [3.63, 3.8) is 0 Å². The summed E-state index contributed by atoms with van der Waals surface area (Å²) >= 11 is 0. The normalized spacial score (nSPS) is 10.8. The van der Waals surface area contributed by atoms with Gasteiger partial charge >= 0.3 is 0 Å². The Bertz CT molecular complexity index is 734. The Kier molecular flexibility index (Phi) is 3.00. The van der Waals surface area contributed by atoms with E-state index in [9.17, 15) is 4.39 Å². The molecule has 0 amide bonds. The van der Waals surface area contributed by atoms with Crippen molar-refractivity contribution >= 4 is 10.9 Å². The maximum absolute atomic E-state index is 13.6. The first-order chi connectivity index (χ1) is 9.29. The monoisotopic (exact) mass is 251 g/mol. The van der Waals surface area contributed by atoms with Crippen LogP contribution in [0.3, 0.4) is 0 Å². The number of nitrogens with zero attached hydrogens (tertiary/aromatic N) is 1. The second kappa shape index (κ2) is 4.81. The van der Waals surface area contributed by atoms with Crippen LogP contribution in [-0.4, -0.2) is 4.98 Å². The number of pyridine rings is 1. The van der Waals surface area contributed by atoms with E-state index in [0.29, 0.717) is 10.9 Å².